The maximum atomic E-state index is 12.7. The highest BCUT2D eigenvalue weighted by Crippen LogP contribution is 2.22. The number of nitrogens with one attached hydrogen (secondary N) is 2. The van der Waals surface area contributed by atoms with E-state index < -0.39 is 10.0 Å². The summed E-state index contributed by atoms with van der Waals surface area (Å²) in [6.45, 7) is 3.64. The van der Waals surface area contributed by atoms with E-state index in [1.165, 1.54) is 16.4 Å². The molecule has 1 atom stereocenters. The fourth-order valence-electron chi connectivity index (χ4n) is 3.81. The Morgan fingerprint density at radius 3 is 2.18 bits per heavy atom. The number of anilines is 1. The van der Waals surface area contributed by atoms with Gasteiger partial charge in [0.2, 0.25) is 15.9 Å². The van der Waals surface area contributed by atoms with Crippen molar-refractivity contribution in [2.75, 3.05) is 38.2 Å². The molecule has 4 rings (SSSR count). The molecule has 1 aliphatic rings. The number of hydrogen-bond acceptors (Lipinski definition) is 5. The second kappa shape index (κ2) is 10.9. The molecule has 7 nitrogen and oxygen atoms in total. The van der Waals surface area contributed by atoms with Crippen molar-refractivity contribution >= 4 is 21.6 Å². The van der Waals surface area contributed by atoms with Crippen LogP contribution in [0.1, 0.15) is 18.5 Å². The molecule has 2 N–H and O–H groups in total. The van der Waals surface area contributed by atoms with Crippen molar-refractivity contribution in [3.05, 3.63) is 84.4 Å². The fraction of sp³-hybridized carbons (Fsp3) is 0.269. The molecule has 1 saturated heterocycles. The number of rotatable bonds is 8. The van der Waals surface area contributed by atoms with Crippen LogP contribution in [0.2, 0.25) is 0 Å². The van der Waals surface area contributed by atoms with Crippen molar-refractivity contribution in [2.45, 2.75) is 17.9 Å². The lowest BCUT2D eigenvalue weighted by Crippen LogP contribution is -2.40. The van der Waals surface area contributed by atoms with E-state index in [2.05, 4.69) is 47.0 Å². The zero-order valence-corrected chi connectivity index (χ0v) is 19.9. The summed E-state index contributed by atoms with van der Waals surface area (Å²) in [6.07, 6.45) is 0. The smallest absolute Gasteiger partial charge is 0.243 e. The van der Waals surface area contributed by atoms with E-state index in [4.69, 9.17) is 4.74 Å². The Bertz CT molecular complexity index is 1190. The zero-order valence-electron chi connectivity index (χ0n) is 19.1. The van der Waals surface area contributed by atoms with Gasteiger partial charge >= 0.3 is 0 Å². The van der Waals surface area contributed by atoms with Crippen molar-refractivity contribution < 1.29 is 17.9 Å². The molecule has 1 aliphatic heterocycles. The molecule has 3 aromatic rings. The van der Waals surface area contributed by atoms with E-state index in [0.29, 0.717) is 32.0 Å². The summed E-state index contributed by atoms with van der Waals surface area (Å²) in [7, 11) is -3.55. The number of carbonyl (C=O) groups is 1. The summed E-state index contributed by atoms with van der Waals surface area (Å²) < 4.78 is 32.1. The van der Waals surface area contributed by atoms with Crippen LogP contribution in [0.4, 0.5) is 5.69 Å². The molecule has 34 heavy (non-hydrogen) atoms. The van der Waals surface area contributed by atoms with Crippen molar-refractivity contribution in [2.24, 2.45) is 0 Å². The van der Waals surface area contributed by atoms with Gasteiger partial charge in [-0.2, -0.15) is 4.31 Å². The minimum absolute atomic E-state index is 0.00313. The third-order valence-electron chi connectivity index (χ3n) is 5.83. The Kier molecular flexibility index (Phi) is 7.74. The Morgan fingerprint density at radius 1 is 0.912 bits per heavy atom. The lowest BCUT2D eigenvalue weighted by atomic mass is 10.0. The van der Waals surface area contributed by atoms with Crippen molar-refractivity contribution in [3.63, 3.8) is 0 Å². The number of hydrogen-bond donors (Lipinski definition) is 2. The number of benzene rings is 3. The van der Waals surface area contributed by atoms with E-state index in [9.17, 15) is 13.2 Å². The van der Waals surface area contributed by atoms with Gasteiger partial charge in [-0.25, -0.2) is 8.42 Å². The van der Waals surface area contributed by atoms with Crippen LogP contribution in [-0.2, 0) is 19.6 Å². The standard InChI is InChI=1S/C26H29N3O4S/c1-20(21-7-9-23(10-8-21)22-5-3-2-4-6-22)27-19-26(30)28-24-11-13-25(14-12-24)34(31,32)29-15-17-33-18-16-29/h2-14,20,27H,15-19H2,1H3,(H,28,30)/t20-/m0/s1. The average Bonchev–Trinajstić information content (AvgIpc) is 2.89. The molecule has 0 radical (unpaired) electrons. The molecule has 0 saturated carbocycles. The van der Waals surface area contributed by atoms with Crippen molar-refractivity contribution in [1.82, 2.24) is 9.62 Å². The third kappa shape index (κ3) is 5.90. The van der Waals surface area contributed by atoms with Gasteiger partial charge in [-0.05, 0) is 47.9 Å². The van der Waals surface area contributed by atoms with E-state index >= 15 is 0 Å². The molecule has 0 spiro atoms. The number of nitrogens with zero attached hydrogens (tertiary/aromatic N) is 1. The van der Waals surface area contributed by atoms with Gasteiger partial charge < -0.3 is 15.4 Å². The first-order chi connectivity index (χ1) is 16.4. The summed E-state index contributed by atoms with van der Waals surface area (Å²) in [4.78, 5) is 12.6. The van der Waals surface area contributed by atoms with Crippen LogP contribution in [0.3, 0.4) is 0 Å². The molecule has 0 aromatic heterocycles. The normalized spacial score (nSPS) is 15.6. The molecule has 1 heterocycles. The number of sulfonamides is 1. The molecule has 0 aliphatic carbocycles. The van der Waals surface area contributed by atoms with Crippen LogP contribution in [-0.4, -0.2) is 51.5 Å². The quantitative estimate of drug-likeness (QED) is 0.515. The van der Waals surface area contributed by atoms with Gasteiger partial charge in [0.1, 0.15) is 0 Å². The van der Waals surface area contributed by atoms with Gasteiger partial charge in [0.05, 0.1) is 24.7 Å². The van der Waals surface area contributed by atoms with Gasteiger partial charge in [-0.3, -0.25) is 4.79 Å². The summed E-state index contributed by atoms with van der Waals surface area (Å²) >= 11 is 0. The predicted octanol–water partition coefficient (Wildman–Crippen LogP) is 3.66. The second-order valence-electron chi connectivity index (χ2n) is 8.18. The lowest BCUT2D eigenvalue weighted by molar-refractivity contribution is -0.115. The Labute approximate surface area is 200 Å². The number of amides is 1. The molecular weight excluding hydrogens is 450 g/mol. The van der Waals surface area contributed by atoms with E-state index in [1.54, 1.807) is 12.1 Å². The fourth-order valence-corrected chi connectivity index (χ4v) is 5.22. The maximum absolute atomic E-state index is 12.7. The van der Waals surface area contributed by atoms with Crippen molar-refractivity contribution in [1.29, 1.82) is 0 Å². The number of carbonyl (C=O) groups excluding carboxylic acids is 1. The van der Waals surface area contributed by atoms with E-state index in [0.717, 1.165) is 16.7 Å². The minimum Gasteiger partial charge on any atom is -0.379 e. The lowest BCUT2D eigenvalue weighted by Gasteiger charge is -2.26. The van der Waals surface area contributed by atoms with Crippen LogP contribution in [0.15, 0.2) is 83.8 Å². The topological polar surface area (TPSA) is 87.7 Å². The monoisotopic (exact) mass is 479 g/mol. The molecule has 3 aromatic carbocycles. The SMILES string of the molecule is C[C@H](NCC(=O)Nc1ccc(S(=O)(=O)N2CCOCC2)cc1)c1ccc(-c2ccccc2)cc1. The van der Waals surface area contributed by atoms with Gasteiger partial charge in [0.15, 0.2) is 0 Å². The molecule has 0 unspecified atom stereocenters. The van der Waals surface area contributed by atoms with Crippen LogP contribution < -0.4 is 10.6 Å². The zero-order chi connectivity index (χ0) is 24.0. The van der Waals surface area contributed by atoms with Gasteiger partial charge in [0.25, 0.3) is 0 Å². The first kappa shape index (κ1) is 24.1. The Balaban J connectivity index is 1.29. The molecule has 1 fully saturated rings. The highest BCUT2D eigenvalue weighted by molar-refractivity contribution is 7.89. The van der Waals surface area contributed by atoms with Crippen LogP contribution in [0.25, 0.3) is 11.1 Å². The summed E-state index contributed by atoms with van der Waals surface area (Å²) in [5.74, 6) is -0.198. The number of ether oxygens (including phenoxy) is 1. The average molecular weight is 480 g/mol. The number of morpholine rings is 1. The maximum Gasteiger partial charge on any atom is 0.243 e. The second-order valence-corrected chi connectivity index (χ2v) is 10.1. The molecule has 8 heteroatoms. The summed E-state index contributed by atoms with van der Waals surface area (Å²) in [5.41, 5.74) is 3.95. The largest absolute Gasteiger partial charge is 0.379 e. The first-order valence-corrected chi connectivity index (χ1v) is 12.7. The van der Waals surface area contributed by atoms with E-state index in [1.807, 2.05) is 25.1 Å². The van der Waals surface area contributed by atoms with E-state index in [-0.39, 0.29) is 23.4 Å². The van der Waals surface area contributed by atoms with Gasteiger partial charge in [0, 0.05) is 24.8 Å². The van der Waals surface area contributed by atoms with Crippen LogP contribution >= 0.6 is 0 Å². The molecule has 0 bridgehead atoms. The highest BCUT2D eigenvalue weighted by Gasteiger charge is 2.26. The van der Waals surface area contributed by atoms with Crippen molar-refractivity contribution in [3.8, 4) is 11.1 Å². The van der Waals surface area contributed by atoms with Gasteiger partial charge in [-0.15, -0.1) is 0 Å². The van der Waals surface area contributed by atoms with Gasteiger partial charge in [-0.1, -0.05) is 54.6 Å². The Hall–Kier alpha value is -3.04. The first-order valence-electron chi connectivity index (χ1n) is 11.3. The molecule has 1 amide bonds. The minimum atomic E-state index is -3.55. The highest BCUT2D eigenvalue weighted by atomic mass is 32.2. The van der Waals surface area contributed by atoms with Crippen LogP contribution in [0, 0.1) is 0 Å². The Morgan fingerprint density at radius 2 is 1.53 bits per heavy atom. The third-order valence-corrected chi connectivity index (χ3v) is 7.75. The predicted molar refractivity (Wildman–Crippen MR) is 133 cm³/mol. The molecular formula is C26H29N3O4S. The van der Waals surface area contributed by atoms with Crippen LogP contribution in [0.5, 0.6) is 0 Å². The summed E-state index contributed by atoms with van der Waals surface area (Å²) in [5, 5.41) is 6.04. The summed E-state index contributed by atoms with van der Waals surface area (Å²) in [6, 6.07) is 24.7. The molecule has 178 valence electrons.